The van der Waals surface area contributed by atoms with Crippen LogP contribution < -0.4 is 9.86 Å². The molecule has 6 heteroatoms. The summed E-state index contributed by atoms with van der Waals surface area (Å²) in [5, 5.41) is 6.69. The maximum Gasteiger partial charge on any atom is 0.274 e. The van der Waals surface area contributed by atoms with Crippen molar-refractivity contribution in [1.29, 1.82) is 0 Å². The number of rotatable bonds is 3. The Hall–Kier alpha value is -0.430. The van der Waals surface area contributed by atoms with Crippen molar-refractivity contribution in [3.63, 3.8) is 0 Å². The average Bonchev–Trinajstić information content (AvgIpc) is 2.32. The molecule has 4 nitrogen and oxygen atoms in total. The average molecular weight is 206 g/mol. The summed E-state index contributed by atoms with van der Waals surface area (Å²) in [4.78, 5) is 0.948. The molecule has 1 atom stereocenters. The van der Waals surface area contributed by atoms with Gasteiger partial charge < -0.3 is 0 Å². The highest BCUT2D eigenvalue weighted by Gasteiger charge is 2.11. The van der Waals surface area contributed by atoms with E-state index in [4.69, 9.17) is 5.14 Å². The molecule has 3 N–H and O–H groups in total. The van der Waals surface area contributed by atoms with Gasteiger partial charge in [-0.3, -0.25) is 0 Å². The van der Waals surface area contributed by atoms with E-state index in [0.29, 0.717) is 0 Å². The fraction of sp³-hybridized carbons (Fsp3) is 0.333. The van der Waals surface area contributed by atoms with E-state index >= 15 is 0 Å². The second-order valence-electron chi connectivity index (χ2n) is 2.40. The highest BCUT2D eigenvalue weighted by Crippen LogP contribution is 2.17. The molecule has 0 bridgehead atoms. The van der Waals surface area contributed by atoms with Crippen LogP contribution in [-0.2, 0) is 10.2 Å². The van der Waals surface area contributed by atoms with E-state index in [1.54, 1.807) is 6.92 Å². The van der Waals surface area contributed by atoms with Crippen LogP contribution in [-0.4, -0.2) is 8.42 Å². The van der Waals surface area contributed by atoms with Crippen molar-refractivity contribution in [1.82, 2.24) is 4.72 Å². The molecular weight excluding hydrogens is 196 g/mol. The molecule has 12 heavy (non-hydrogen) atoms. The zero-order valence-corrected chi connectivity index (χ0v) is 8.15. The Labute approximate surface area is 75.6 Å². The minimum absolute atomic E-state index is 0.250. The van der Waals surface area contributed by atoms with Crippen LogP contribution in [0.3, 0.4) is 0 Å². The van der Waals surface area contributed by atoms with Gasteiger partial charge in [0.1, 0.15) is 0 Å². The SMILES string of the molecule is CC(NS(N)(=O)=O)c1cccs1. The molecular formula is C6H10N2O2S2. The van der Waals surface area contributed by atoms with Gasteiger partial charge >= 0.3 is 0 Å². The topological polar surface area (TPSA) is 72.2 Å². The lowest BCUT2D eigenvalue weighted by molar-refractivity contribution is 0.570. The molecule has 0 fully saturated rings. The van der Waals surface area contributed by atoms with Crippen LogP contribution in [0.2, 0.25) is 0 Å². The lowest BCUT2D eigenvalue weighted by atomic mass is 10.3. The molecule has 0 aromatic carbocycles. The third-order valence-electron chi connectivity index (χ3n) is 1.31. The molecule has 0 amide bonds. The van der Waals surface area contributed by atoms with E-state index in [0.717, 1.165) is 4.88 Å². The van der Waals surface area contributed by atoms with Gasteiger partial charge in [-0.05, 0) is 18.4 Å². The summed E-state index contributed by atoms with van der Waals surface area (Å²) in [6.45, 7) is 1.75. The van der Waals surface area contributed by atoms with Crippen molar-refractivity contribution in [2.24, 2.45) is 5.14 Å². The molecule has 1 aromatic rings. The lowest BCUT2D eigenvalue weighted by Crippen LogP contribution is -2.32. The van der Waals surface area contributed by atoms with E-state index in [-0.39, 0.29) is 6.04 Å². The van der Waals surface area contributed by atoms with Crippen LogP contribution in [0, 0.1) is 0 Å². The van der Waals surface area contributed by atoms with Crippen molar-refractivity contribution < 1.29 is 8.42 Å². The Morgan fingerprint density at radius 3 is 2.75 bits per heavy atom. The molecule has 1 aromatic heterocycles. The quantitative estimate of drug-likeness (QED) is 0.760. The first kappa shape index (κ1) is 9.66. The second kappa shape index (κ2) is 3.53. The zero-order valence-electron chi connectivity index (χ0n) is 6.52. The molecule has 0 aliphatic rings. The standard InChI is InChI=1S/C6H10N2O2S2/c1-5(8-12(7,9)10)6-3-2-4-11-6/h2-5,8H,1H3,(H2,7,9,10). The van der Waals surface area contributed by atoms with E-state index in [1.165, 1.54) is 11.3 Å². The Bertz CT molecular complexity index is 330. The zero-order chi connectivity index (χ0) is 9.19. The number of hydrogen-bond acceptors (Lipinski definition) is 3. The van der Waals surface area contributed by atoms with Gasteiger partial charge in [-0.2, -0.15) is 13.1 Å². The summed E-state index contributed by atoms with van der Waals surface area (Å²) in [5.41, 5.74) is 0. The van der Waals surface area contributed by atoms with Crippen LogP contribution in [0.4, 0.5) is 0 Å². The summed E-state index contributed by atoms with van der Waals surface area (Å²) < 4.78 is 23.5. The molecule has 0 saturated heterocycles. The normalized spacial score (nSPS) is 14.5. The monoisotopic (exact) mass is 206 g/mol. The van der Waals surface area contributed by atoms with Crippen molar-refractivity contribution >= 4 is 21.5 Å². The van der Waals surface area contributed by atoms with Crippen LogP contribution in [0.5, 0.6) is 0 Å². The Balaban J connectivity index is 2.68. The third-order valence-corrected chi connectivity index (χ3v) is 3.05. The summed E-state index contributed by atoms with van der Waals surface area (Å²) >= 11 is 1.49. The first-order chi connectivity index (χ1) is 5.49. The fourth-order valence-electron chi connectivity index (χ4n) is 0.842. The lowest BCUT2D eigenvalue weighted by Gasteiger charge is -2.08. The summed E-state index contributed by atoms with van der Waals surface area (Å²) in [7, 11) is -3.59. The van der Waals surface area contributed by atoms with Gasteiger partial charge in [-0.15, -0.1) is 11.3 Å². The van der Waals surface area contributed by atoms with E-state index in [2.05, 4.69) is 4.72 Å². The molecule has 0 aliphatic carbocycles. The van der Waals surface area contributed by atoms with E-state index in [1.807, 2.05) is 17.5 Å². The van der Waals surface area contributed by atoms with Crippen molar-refractivity contribution in [2.45, 2.75) is 13.0 Å². The minimum atomic E-state index is -3.59. The predicted molar refractivity (Wildman–Crippen MR) is 49.0 cm³/mol. The Morgan fingerprint density at radius 1 is 1.67 bits per heavy atom. The van der Waals surface area contributed by atoms with Gasteiger partial charge in [0.2, 0.25) is 0 Å². The maximum atomic E-state index is 10.6. The smallest absolute Gasteiger partial charge is 0.216 e. The van der Waals surface area contributed by atoms with E-state index < -0.39 is 10.2 Å². The van der Waals surface area contributed by atoms with Crippen LogP contribution in [0.25, 0.3) is 0 Å². The van der Waals surface area contributed by atoms with E-state index in [9.17, 15) is 8.42 Å². The molecule has 0 spiro atoms. The summed E-state index contributed by atoms with van der Waals surface area (Å²) in [5.74, 6) is 0. The molecule has 0 saturated carbocycles. The van der Waals surface area contributed by atoms with Crippen molar-refractivity contribution in [2.75, 3.05) is 0 Å². The van der Waals surface area contributed by atoms with Crippen molar-refractivity contribution in [3.8, 4) is 0 Å². The number of nitrogens with one attached hydrogen (secondary N) is 1. The summed E-state index contributed by atoms with van der Waals surface area (Å²) in [6.07, 6.45) is 0. The largest absolute Gasteiger partial charge is 0.274 e. The molecule has 1 unspecified atom stereocenters. The van der Waals surface area contributed by atoms with Crippen LogP contribution in [0.1, 0.15) is 17.8 Å². The highest BCUT2D eigenvalue weighted by molar-refractivity contribution is 7.87. The predicted octanol–water partition coefficient (Wildman–Crippen LogP) is 0.602. The first-order valence-electron chi connectivity index (χ1n) is 3.32. The van der Waals surface area contributed by atoms with Gasteiger partial charge in [0, 0.05) is 4.88 Å². The molecule has 1 rings (SSSR count). The molecule has 1 heterocycles. The second-order valence-corrected chi connectivity index (χ2v) is 4.70. The maximum absolute atomic E-state index is 10.6. The van der Waals surface area contributed by atoms with Gasteiger partial charge in [-0.1, -0.05) is 6.07 Å². The van der Waals surface area contributed by atoms with Gasteiger partial charge in [0.15, 0.2) is 0 Å². The first-order valence-corrected chi connectivity index (χ1v) is 5.75. The molecule has 0 radical (unpaired) electrons. The van der Waals surface area contributed by atoms with Crippen molar-refractivity contribution in [3.05, 3.63) is 22.4 Å². The number of thiophene rings is 1. The minimum Gasteiger partial charge on any atom is -0.216 e. The fourth-order valence-corrected chi connectivity index (χ4v) is 2.27. The van der Waals surface area contributed by atoms with Crippen LogP contribution >= 0.6 is 11.3 Å². The third kappa shape index (κ3) is 2.90. The Morgan fingerprint density at radius 2 is 2.33 bits per heavy atom. The highest BCUT2D eigenvalue weighted by atomic mass is 32.2. The number of hydrogen-bond donors (Lipinski definition) is 2. The summed E-state index contributed by atoms with van der Waals surface area (Å²) in [6, 6.07) is 3.47. The Kier molecular flexibility index (Phi) is 2.84. The van der Waals surface area contributed by atoms with Gasteiger partial charge in [0.05, 0.1) is 6.04 Å². The van der Waals surface area contributed by atoms with Gasteiger partial charge in [-0.25, -0.2) is 5.14 Å². The number of nitrogens with two attached hydrogens (primary N) is 1. The molecule has 0 aliphatic heterocycles. The van der Waals surface area contributed by atoms with Gasteiger partial charge in [0.25, 0.3) is 10.2 Å². The molecule has 68 valence electrons. The van der Waals surface area contributed by atoms with Crippen LogP contribution in [0.15, 0.2) is 17.5 Å².